The molecule has 0 spiro atoms. The van der Waals surface area contributed by atoms with Crippen molar-refractivity contribution in [3.63, 3.8) is 0 Å². The highest BCUT2D eigenvalue weighted by Crippen LogP contribution is 2.44. The van der Waals surface area contributed by atoms with Crippen LogP contribution in [0.4, 0.5) is 0 Å². The van der Waals surface area contributed by atoms with Crippen LogP contribution >= 0.6 is 0 Å². The van der Waals surface area contributed by atoms with E-state index in [2.05, 4.69) is 0 Å². The normalized spacial score (nSPS) is 52.9. The maximum absolute atomic E-state index is 9.22. The molecule has 92 valence electrons. The molecule has 6 atom stereocenters. The summed E-state index contributed by atoms with van der Waals surface area (Å²) in [6, 6.07) is 0. The molecule has 4 saturated carbocycles. The van der Waals surface area contributed by atoms with Crippen molar-refractivity contribution in [2.24, 2.45) is 23.7 Å². The van der Waals surface area contributed by atoms with Gasteiger partial charge in [-0.15, -0.1) is 0 Å². The van der Waals surface area contributed by atoms with Gasteiger partial charge >= 0.3 is 0 Å². The summed E-state index contributed by atoms with van der Waals surface area (Å²) < 4.78 is 0. The van der Waals surface area contributed by atoms with Crippen molar-refractivity contribution in [1.82, 2.24) is 0 Å². The van der Waals surface area contributed by atoms with Gasteiger partial charge in [0.05, 0.1) is 12.2 Å². The van der Waals surface area contributed by atoms with Crippen LogP contribution in [0.2, 0.25) is 0 Å². The van der Waals surface area contributed by atoms with Gasteiger partial charge in [0, 0.05) is 0 Å². The van der Waals surface area contributed by atoms with Crippen molar-refractivity contribution in [3.05, 3.63) is 0 Å². The molecule has 0 aromatic carbocycles. The summed E-state index contributed by atoms with van der Waals surface area (Å²) in [4.78, 5) is 0. The zero-order valence-corrected chi connectivity index (χ0v) is 10.0. The molecule has 4 rings (SSSR count). The zero-order valence-electron chi connectivity index (χ0n) is 10.0. The van der Waals surface area contributed by atoms with Crippen LogP contribution in [0, 0.1) is 23.7 Å². The molecule has 0 heterocycles. The second kappa shape index (κ2) is 4.30. The Hall–Kier alpha value is -0.0800. The quantitative estimate of drug-likeness (QED) is 0.663. The van der Waals surface area contributed by atoms with Gasteiger partial charge in [-0.3, -0.25) is 0 Å². The third-order valence-corrected chi connectivity index (χ3v) is 5.40. The van der Waals surface area contributed by atoms with Crippen LogP contribution in [-0.2, 0) is 0 Å². The van der Waals surface area contributed by atoms with Crippen molar-refractivity contribution >= 4 is 0 Å². The fourth-order valence-corrected chi connectivity index (χ4v) is 4.42. The van der Waals surface area contributed by atoms with Crippen molar-refractivity contribution in [2.75, 3.05) is 0 Å². The third-order valence-electron chi connectivity index (χ3n) is 5.40. The second-order valence-corrected chi connectivity index (χ2v) is 6.48. The van der Waals surface area contributed by atoms with Gasteiger partial charge in [0.25, 0.3) is 0 Å². The van der Waals surface area contributed by atoms with Gasteiger partial charge in [0.1, 0.15) is 0 Å². The number of fused-ring (bicyclic) bond motifs is 4. The lowest BCUT2D eigenvalue weighted by molar-refractivity contribution is 0.113. The fraction of sp³-hybridized carbons (Fsp3) is 1.00. The number of hydrogen-bond acceptors (Lipinski definition) is 2. The van der Waals surface area contributed by atoms with Gasteiger partial charge in [0.2, 0.25) is 0 Å². The standard InChI is InChI=1S/2C7H12O/c2*8-7-4-5-1-2-6(7)3-5/h2*5-8H,1-4H2/t2*5-,6+,7+/m10/s1. The summed E-state index contributed by atoms with van der Waals surface area (Å²) in [5, 5.41) is 18.4. The highest BCUT2D eigenvalue weighted by Gasteiger charge is 2.38. The molecule has 0 radical (unpaired) electrons. The fourth-order valence-electron chi connectivity index (χ4n) is 4.42. The van der Waals surface area contributed by atoms with Gasteiger partial charge < -0.3 is 10.2 Å². The van der Waals surface area contributed by atoms with Crippen molar-refractivity contribution in [2.45, 2.75) is 63.6 Å². The summed E-state index contributed by atoms with van der Waals surface area (Å²) in [6.07, 6.45) is 10.4. The lowest BCUT2D eigenvalue weighted by Crippen LogP contribution is -2.14. The van der Waals surface area contributed by atoms with E-state index in [1.807, 2.05) is 0 Å². The molecule has 2 heteroatoms. The summed E-state index contributed by atoms with van der Waals surface area (Å²) in [7, 11) is 0. The van der Waals surface area contributed by atoms with Crippen LogP contribution in [0.1, 0.15) is 51.4 Å². The monoisotopic (exact) mass is 224 g/mol. The molecule has 16 heavy (non-hydrogen) atoms. The molecule has 0 saturated heterocycles. The molecular weight excluding hydrogens is 200 g/mol. The van der Waals surface area contributed by atoms with Gasteiger partial charge in [-0.25, -0.2) is 0 Å². The lowest BCUT2D eigenvalue weighted by atomic mass is 9.98. The Morgan fingerprint density at radius 1 is 0.562 bits per heavy atom. The molecule has 4 fully saturated rings. The third kappa shape index (κ3) is 2.02. The highest BCUT2D eigenvalue weighted by atomic mass is 16.3. The van der Waals surface area contributed by atoms with Crippen LogP contribution in [0.5, 0.6) is 0 Å². The van der Waals surface area contributed by atoms with Crippen molar-refractivity contribution in [3.8, 4) is 0 Å². The molecular formula is C14H24O2. The molecule has 4 bridgehead atoms. The summed E-state index contributed by atoms with van der Waals surface area (Å²) in [5.74, 6) is 3.19. The SMILES string of the molecule is O[C@@H]1C[C@H]2CC[C@@H]1C2.O[C@H]1C[C@@H]2CC[C@H]1C2. The van der Waals surface area contributed by atoms with Gasteiger partial charge in [0.15, 0.2) is 0 Å². The van der Waals surface area contributed by atoms with Gasteiger partial charge in [-0.1, -0.05) is 0 Å². The minimum Gasteiger partial charge on any atom is -0.393 e. The molecule has 2 N–H and O–H groups in total. The zero-order chi connectivity index (χ0) is 11.1. The van der Waals surface area contributed by atoms with Crippen LogP contribution in [-0.4, -0.2) is 22.4 Å². The topological polar surface area (TPSA) is 40.5 Å². The maximum atomic E-state index is 9.22. The highest BCUT2D eigenvalue weighted by molar-refractivity contribution is 4.90. The van der Waals surface area contributed by atoms with Crippen LogP contribution < -0.4 is 0 Å². The Labute approximate surface area is 98.1 Å². The van der Waals surface area contributed by atoms with Crippen LogP contribution in [0.15, 0.2) is 0 Å². The van der Waals surface area contributed by atoms with E-state index in [4.69, 9.17) is 0 Å². The van der Waals surface area contributed by atoms with Gasteiger partial charge in [-0.2, -0.15) is 0 Å². The Morgan fingerprint density at radius 2 is 1.00 bits per heavy atom. The molecule has 2 nitrogen and oxygen atoms in total. The first kappa shape index (κ1) is 11.0. The molecule has 0 aromatic rings. The lowest BCUT2D eigenvalue weighted by Gasteiger charge is -2.14. The summed E-state index contributed by atoms with van der Waals surface area (Å²) in [6.45, 7) is 0. The van der Waals surface area contributed by atoms with E-state index in [1.165, 1.54) is 38.5 Å². The minimum absolute atomic E-state index is 0.0775. The first-order chi connectivity index (χ1) is 7.72. The molecule has 0 amide bonds. The van der Waals surface area contributed by atoms with E-state index in [9.17, 15) is 10.2 Å². The van der Waals surface area contributed by atoms with Crippen LogP contribution in [0.3, 0.4) is 0 Å². The van der Waals surface area contributed by atoms with Crippen molar-refractivity contribution < 1.29 is 10.2 Å². The number of rotatable bonds is 0. The van der Waals surface area contributed by atoms with Crippen LogP contribution in [0.25, 0.3) is 0 Å². The largest absolute Gasteiger partial charge is 0.393 e. The Balaban J connectivity index is 0.000000101. The summed E-state index contributed by atoms with van der Waals surface area (Å²) >= 11 is 0. The average molecular weight is 224 g/mol. The Bertz CT molecular complexity index is 223. The predicted octanol–water partition coefficient (Wildman–Crippen LogP) is 2.33. The number of hydrogen-bond donors (Lipinski definition) is 2. The molecule has 4 aliphatic carbocycles. The van der Waals surface area contributed by atoms with Gasteiger partial charge in [-0.05, 0) is 75.0 Å². The summed E-state index contributed by atoms with van der Waals surface area (Å²) in [5.41, 5.74) is 0. The number of aliphatic hydroxyl groups excluding tert-OH is 2. The van der Waals surface area contributed by atoms with Crippen molar-refractivity contribution in [1.29, 1.82) is 0 Å². The minimum atomic E-state index is 0.0775. The first-order valence-electron chi connectivity index (χ1n) is 7.08. The van der Waals surface area contributed by atoms with E-state index in [1.54, 1.807) is 0 Å². The smallest absolute Gasteiger partial charge is 0.0571 e. The van der Waals surface area contributed by atoms with E-state index >= 15 is 0 Å². The molecule has 0 aromatic heterocycles. The first-order valence-corrected chi connectivity index (χ1v) is 7.08. The van der Waals surface area contributed by atoms with E-state index in [0.717, 1.165) is 24.7 Å². The molecule has 0 unspecified atom stereocenters. The Kier molecular flexibility index (Phi) is 2.97. The number of aliphatic hydroxyl groups is 2. The van der Waals surface area contributed by atoms with E-state index in [0.29, 0.717) is 11.8 Å². The second-order valence-electron chi connectivity index (χ2n) is 6.48. The van der Waals surface area contributed by atoms with E-state index in [-0.39, 0.29) is 12.2 Å². The predicted molar refractivity (Wildman–Crippen MR) is 62.9 cm³/mol. The Morgan fingerprint density at radius 3 is 1.12 bits per heavy atom. The average Bonchev–Trinajstić information content (AvgIpc) is 2.94. The molecule has 4 aliphatic rings. The maximum Gasteiger partial charge on any atom is 0.0571 e. The molecule has 0 aliphatic heterocycles. The van der Waals surface area contributed by atoms with E-state index < -0.39 is 0 Å².